The van der Waals surface area contributed by atoms with Crippen molar-refractivity contribution in [3.05, 3.63) is 48.2 Å². The molecule has 190 valence electrons. The molecule has 1 aliphatic heterocycles. The van der Waals surface area contributed by atoms with Crippen LogP contribution in [0.5, 0.6) is 17.2 Å². The van der Waals surface area contributed by atoms with Gasteiger partial charge in [0, 0.05) is 45.0 Å². The van der Waals surface area contributed by atoms with Crippen molar-refractivity contribution >= 4 is 27.8 Å². The van der Waals surface area contributed by atoms with E-state index in [1.807, 2.05) is 18.2 Å². The largest absolute Gasteiger partial charge is 0.493 e. The summed E-state index contributed by atoms with van der Waals surface area (Å²) in [6.45, 7) is 2.29. The fourth-order valence-electron chi connectivity index (χ4n) is 3.76. The summed E-state index contributed by atoms with van der Waals surface area (Å²) in [5.74, 6) is 1.95. The number of sulfonamides is 1. The van der Waals surface area contributed by atoms with Gasteiger partial charge in [0.2, 0.25) is 21.7 Å². The Bertz CT molecular complexity index is 1090. The number of pyridine rings is 1. The smallest absolute Gasteiger partial charge is 0.243 e. The first kappa shape index (κ1) is 26.3. The summed E-state index contributed by atoms with van der Waals surface area (Å²) in [5, 5.41) is 2.72. The summed E-state index contributed by atoms with van der Waals surface area (Å²) >= 11 is 0. The van der Waals surface area contributed by atoms with Gasteiger partial charge in [-0.25, -0.2) is 13.4 Å². The van der Waals surface area contributed by atoms with Crippen LogP contribution in [0.4, 0.5) is 5.82 Å². The van der Waals surface area contributed by atoms with E-state index >= 15 is 0 Å². The zero-order valence-electron chi connectivity index (χ0n) is 20.3. The van der Waals surface area contributed by atoms with E-state index in [9.17, 15) is 13.2 Å². The summed E-state index contributed by atoms with van der Waals surface area (Å²) in [5.41, 5.74) is 0.696. The van der Waals surface area contributed by atoms with E-state index in [2.05, 4.69) is 15.2 Å². The number of amides is 1. The van der Waals surface area contributed by atoms with E-state index in [1.54, 1.807) is 24.4 Å². The lowest BCUT2D eigenvalue weighted by Crippen LogP contribution is -2.49. The minimum Gasteiger partial charge on any atom is -0.493 e. The number of ether oxygens (including phenoxy) is 3. The number of hydrogen-bond acceptors (Lipinski definition) is 8. The first-order valence-corrected chi connectivity index (χ1v) is 12.9. The van der Waals surface area contributed by atoms with Crippen LogP contribution in [0.25, 0.3) is 6.08 Å². The van der Waals surface area contributed by atoms with Crippen LogP contribution in [0.2, 0.25) is 0 Å². The molecule has 2 heterocycles. The molecule has 11 heteroatoms. The Kier molecular flexibility index (Phi) is 9.32. The first-order chi connectivity index (χ1) is 16.9. The van der Waals surface area contributed by atoms with Gasteiger partial charge in [-0.2, -0.15) is 4.31 Å². The molecule has 0 aliphatic carbocycles. The lowest BCUT2D eigenvalue weighted by molar-refractivity contribution is -0.116. The van der Waals surface area contributed by atoms with Gasteiger partial charge in [0.05, 0.1) is 27.1 Å². The van der Waals surface area contributed by atoms with E-state index < -0.39 is 10.0 Å². The van der Waals surface area contributed by atoms with Gasteiger partial charge in [-0.15, -0.1) is 0 Å². The van der Waals surface area contributed by atoms with Gasteiger partial charge in [-0.05, 0) is 42.3 Å². The monoisotopic (exact) mass is 504 g/mol. The summed E-state index contributed by atoms with van der Waals surface area (Å²) in [4.78, 5) is 18.6. The van der Waals surface area contributed by atoms with Crippen LogP contribution in [-0.4, -0.2) is 83.4 Å². The topological polar surface area (TPSA) is 110 Å². The Morgan fingerprint density at radius 1 is 1.06 bits per heavy atom. The molecule has 1 amide bonds. The van der Waals surface area contributed by atoms with Crippen molar-refractivity contribution in [3.63, 3.8) is 0 Å². The maximum Gasteiger partial charge on any atom is 0.243 e. The Hall–Kier alpha value is -3.31. The normalized spacial score (nSPS) is 14.7. The van der Waals surface area contributed by atoms with Gasteiger partial charge in [0.25, 0.3) is 0 Å². The summed E-state index contributed by atoms with van der Waals surface area (Å²) in [7, 11) is 1.17. The quantitative estimate of drug-likeness (QED) is 0.364. The first-order valence-electron chi connectivity index (χ1n) is 11.3. The van der Waals surface area contributed by atoms with Crippen LogP contribution in [0, 0.1) is 0 Å². The molecule has 10 nitrogen and oxygen atoms in total. The predicted molar refractivity (Wildman–Crippen MR) is 135 cm³/mol. The van der Waals surface area contributed by atoms with Gasteiger partial charge in [-0.3, -0.25) is 4.79 Å². The molecule has 0 bridgehead atoms. The van der Waals surface area contributed by atoms with Crippen LogP contribution in [0.3, 0.4) is 0 Å². The van der Waals surface area contributed by atoms with Crippen molar-refractivity contribution in [2.75, 3.05) is 64.7 Å². The van der Waals surface area contributed by atoms with E-state index in [4.69, 9.17) is 14.2 Å². The minimum absolute atomic E-state index is 0.0204. The number of anilines is 1. The summed E-state index contributed by atoms with van der Waals surface area (Å²) < 4.78 is 42.8. The van der Waals surface area contributed by atoms with Crippen LogP contribution in [0.15, 0.2) is 42.6 Å². The average Bonchev–Trinajstić information content (AvgIpc) is 2.89. The zero-order chi connectivity index (χ0) is 25.3. The Morgan fingerprint density at radius 2 is 1.74 bits per heavy atom. The molecule has 0 spiro atoms. The van der Waals surface area contributed by atoms with Crippen LogP contribution < -0.4 is 24.4 Å². The molecule has 1 fully saturated rings. The van der Waals surface area contributed by atoms with Crippen molar-refractivity contribution in [2.45, 2.75) is 6.42 Å². The predicted octanol–water partition coefficient (Wildman–Crippen LogP) is 1.78. The maximum absolute atomic E-state index is 12.7. The molecule has 1 aromatic heterocycles. The molecule has 3 rings (SSSR count). The van der Waals surface area contributed by atoms with Crippen molar-refractivity contribution in [2.24, 2.45) is 0 Å². The van der Waals surface area contributed by atoms with Crippen LogP contribution >= 0.6 is 0 Å². The standard InChI is InChI=1S/C24H32N4O6S/c1-32-20-17-19(18-21(33-2)24(20)34-3)8-9-23(29)26-11-6-16-35(30,31)28-14-12-27(13-15-28)22-7-4-5-10-25-22/h4-5,7-10,17-18H,6,11-16H2,1-3H3,(H,26,29). The summed E-state index contributed by atoms with van der Waals surface area (Å²) in [6.07, 6.45) is 5.06. The number of carbonyl (C=O) groups excluding carboxylic acids is 1. The number of nitrogens with zero attached hydrogens (tertiary/aromatic N) is 3. The highest BCUT2D eigenvalue weighted by Crippen LogP contribution is 2.38. The fourth-order valence-corrected chi connectivity index (χ4v) is 5.25. The second-order valence-corrected chi connectivity index (χ2v) is 9.92. The van der Waals surface area contributed by atoms with Crippen LogP contribution in [-0.2, 0) is 14.8 Å². The van der Waals surface area contributed by atoms with Crippen molar-refractivity contribution in [3.8, 4) is 17.2 Å². The fraction of sp³-hybridized carbons (Fsp3) is 0.417. The highest BCUT2D eigenvalue weighted by molar-refractivity contribution is 7.89. The van der Waals surface area contributed by atoms with Gasteiger partial charge < -0.3 is 24.4 Å². The van der Waals surface area contributed by atoms with Crippen molar-refractivity contribution < 1.29 is 27.4 Å². The molecule has 0 saturated carbocycles. The van der Waals surface area contributed by atoms with Gasteiger partial charge >= 0.3 is 0 Å². The summed E-state index contributed by atoms with van der Waals surface area (Å²) in [6, 6.07) is 9.14. The molecular weight excluding hydrogens is 472 g/mol. The lowest BCUT2D eigenvalue weighted by Gasteiger charge is -2.34. The highest BCUT2D eigenvalue weighted by Gasteiger charge is 2.26. The lowest BCUT2D eigenvalue weighted by atomic mass is 10.1. The number of hydrogen-bond donors (Lipinski definition) is 1. The Balaban J connectivity index is 1.44. The molecule has 1 saturated heterocycles. The van der Waals surface area contributed by atoms with E-state index in [1.165, 1.54) is 31.7 Å². The van der Waals surface area contributed by atoms with Gasteiger partial charge in [-0.1, -0.05) is 6.07 Å². The number of methoxy groups -OCH3 is 3. The maximum atomic E-state index is 12.7. The molecule has 0 unspecified atom stereocenters. The minimum atomic E-state index is -3.39. The number of benzene rings is 1. The molecule has 1 N–H and O–H groups in total. The molecule has 35 heavy (non-hydrogen) atoms. The van der Waals surface area contributed by atoms with Crippen molar-refractivity contribution in [1.82, 2.24) is 14.6 Å². The SMILES string of the molecule is COc1cc(C=CC(=O)NCCCS(=O)(=O)N2CCN(c3ccccn3)CC2)cc(OC)c1OC. The second-order valence-electron chi connectivity index (χ2n) is 7.83. The third-order valence-corrected chi connectivity index (χ3v) is 7.55. The number of carbonyl (C=O) groups is 1. The average molecular weight is 505 g/mol. The molecule has 1 aromatic carbocycles. The Morgan fingerprint density at radius 3 is 2.31 bits per heavy atom. The highest BCUT2D eigenvalue weighted by atomic mass is 32.2. The van der Waals surface area contributed by atoms with E-state index in [-0.39, 0.29) is 18.2 Å². The molecule has 2 aromatic rings. The van der Waals surface area contributed by atoms with E-state index in [0.29, 0.717) is 55.4 Å². The van der Waals surface area contributed by atoms with Gasteiger partial charge in [0.15, 0.2) is 11.5 Å². The number of aromatic nitrogens is 1. The second kappa shape index (κ2) is 12.4. The van der Waals surface area contributed by atoms with Crippen molar-refractivity contribution in [1.29, 1.82) is 0 Å². The van der Waals surface area contributed by atoms with E-state index in [0.717, 1.165) is 5.82 Å². The molecule has 0 atom stereocenters. The Labute approximate surface area is 206 Å². The molecule has 0 radical (unpaired) electrons. The third kappa shape index (κ3) is 7.09. The number of piperazine rings is 1. The molecular formula is C24H32N4O6S. The number of rotatable bonds is 11. The molecule has 1 aliphatic rings. The zero-order valence-corrected chi connectivity index (χ0v) is 21.1. The van der Waals surface area contributed by atoms with Gasteiger partial charge in [0.1, 0.15) is 5.82 Å². The third-order valence-electron chi connectivity index (χ3n) is 5.60. The number of nitrogens with one attached hydrogen (secondary N) is 1. The van der Waals surface area contributed by atoms with Crippen LogP contribution in [0.1, 0.15) is 12.0 Å².